The molecule has 2 heteroatoms. The quantitative estimate of drug-likeness (QED) is 0.614. The molecule has 0 saturated heterocycles. The molecule has 1 aliphatic carbocycles. The van der Waals surface area contributed by atoms with Crippen molar-refractivity contribution in [1.82, 2.24) is 0 Å². The summed E-state index contributed by atoms with van der Waals surface area (Å²) in [5.41, 5.74) is 3.02. The van der Waals surface area contributed by atoms with E-state index in [0.29, 0.717) is 0 Å². The van der Waals surface area contributed by atoms with Crippen LogP contribution in [0.2, 0.25) is 0 Å². The number of aryl methyl sites for hydroxylation is 1. The second-order valence-corrected chi connectivity index (χ2v) is 5.68. The Kier molecular flexibility index (Phi) is 2.64. The van der Waals surface area contributed by atoms with E-state index in [-0.39, 0.29) is 0 Å². The van der Waals surface area contributed by atoms with Crippen molar-refractivity contribution in [2.24, 2.45) is 0 Å². The van der Waals surface area contributed by atoms with E-state index in [1.54, 1.807) is 6.08 Å². The first-order valence-corrected chi connectivity index (χ1v) is 7.16. The number of hydrogen-bond acceptors (Lipinski definition) is 2. The van der Waals surface area contributed by atoms with Gasteiger partial charge in [0.2, 0.25) is 0 Å². The summed E-state index contributed by atoms with van der Waals surface area (Å²) in [4.78, 5) is 0. The molecule has 0 fully saturated rings. The lowest BCUT2D eigenvalue weighted by molar-refractivity contribution is 0.0480. The molecule has 0 aromatic heterocycles. The van der Waals surface area contributed by atoms with E-state index in [2.05, 4.69) is 31.2 Å². The van der Waals surface area contributed by atoms with Gasteiger partial charge < -0.3 is 10.2 Å². The van der Waals surface area contributed by atoms with E-state index in [4.69, 9.17) is 0 Å². The Hall–Kier alpha value is -2.16. The standard InChI is InChI=1S/C19H16O2/c1-11-14-5-3-2-4-13(14)10-16-15(11)8-6-12-7-9-17(20)19(21)18(12)16/h2-10,17,19-21H,1H3/t17-,19+/m1/s1. The molecule has 2 atom stereocenters. The van der Waals surface area contributed by atoms with Crippen LogP contribution in [-0.4, -0.2) is 16.3 Å². The summed E-state index contributed by atoms with van der Waals surface area (Å²) in [6, 6.07) is 14.5. The van der Waals surface area contributed by atoms with Crippen molar-refractivity contribution in [3.8, 4) is 0 Å². The molecule has 0 radical (unpaired) electrons. The van der Waals surface area contributed by atoms with Crippen LogP contribution in [0.4, 0.5) is 0 Å². The predicted molar refractivity (Wildman–Crippen MR) is 86.2 cm³/mol. The van der Waals surface area contributed by atoms with Gasteiger partial charge in [-0.3, -0.25) is 0 Å². The second kappa shape index (κ2) is 4.42. The van der Waals surface area contributed by atoms with Crippen molar-refractivity contribution >= 4 is 27.6 Å². The summed E-state index contributed by atoms with van der Waals surface area (Å²) in [7, 11) is 0. The van der Waals surface area contributed by atoms with Gasteiger partial charge in [0.25, 0.3) is 0 Å². The molecule has 0 spiro atoms. The SMILES string of the molecule is Cc1c2ccccc2cc2c3c(ccc12)C=C[C@@H](O)[C@@H]3O. The fourth-order valence-electron chi connectivity index (χ4n) is 3.35. The smallest absolute Gasteiger partial charge is 0.110 e. The maximum Gasteiger partial charge on any atom is 0.110 e. The van der Waals surface area contributed by atoms with Crippen molar-refractivity contribution in [2.75, 3.05) is 0 Å². The van der Waals surface area contributed by atoms with Crippen molar-refractivity contribution in [2.45, 2.75) is 19.1 Å². The lowest BCUT2D eigenvalue weighted by Crippen LogP contribution is -2.19. The van der Waals surface area contributed by atoms with Gasteiger partial charge in [-0.05, 0) is 51.2 Å². The molecule has 0 aliphatic heterocycles. The van der Waals surface area contributed by atoms with Gasteiger partial charge in [-0.25, -0.2) is 0 Å². The predicted octanol–water partition coefficient (Wildman–Crippen LogP) is 3.72. The van der Waals surface area contributed by atoms with Gasteiger partial charge in [-0.2, -0.15) is 0 Å². The average Bonchev–Trinajstić information content (AvgIpc) is 2.51. The summed E-state index contributed by atoms with van der Waals surface area (Å²) >= 11 is 0. The second-order valence-electron chi connectivity index (χ2n) is 5.68. The Morgan fingerprint density at radius 2 is 1.71 bits per heavy atom. The lowest BCUT2D eigenvalue weighted by atomic mass is 9.86. The number of aliphatic hydroxyl groups excluding tert-OH is 2. The Morgan fingerprint density at radius 1 is 0.905 bits per heavy atom. The van der Waals surface area contributed by atoms with Crippen molar-refractivity contribution in [1.29, 1.82) is 0 Å². The molecule has 0 amide bonds. The van der Waals surface area contributed by atoms with Crippen LogP contribution in [0.1, 0.15) is 22.8 Å². The number of fused-ring (bicyclic) bond motifs is 4. The first-order valence-electron chi connectivity index (χ1n) is 7.16. The average molecular weight is 276 g/mol. The van der Waals surface area contributed by atoms with Crippen molar-refractivity contribution in [3.63, 3.8) is 0 Å². The van der Waals surface area contributed by atoms with Gasteiger partial charge in [0.05, 0.1) is 0 Å². The number of hydrogen-bond donors (Lipinski definition) is 2. The van der Waals surface area contributed by atoms with E-state index < -0.39 is 12.2 Å². The fourth-order valence-corrected chi connectivity index (χ4v) is 3.35. The van der Waals surface area contributed by atoms with Crippen LogP contribution in [0.5, 0.6) is 0 Å². The minimum atomic E-state index is -0.866. The molecule has 4 rings (SSSR count). The molecule has 2 N–H and O–H groups in total. The van der Waals surface area contributed by atoms with Crippen molar-refractivity contribution in [3.05, 3.63) is 65.2 Å². The molecule has 3 aromatic carbocycles. The Morgan fingerprint density at radius 3 is 2.57 bits per heavy atom. The summed E-state index contributed by atoms with van der Waals surface area (Å²) in [5, 5.41) is 24.9. The topological polar surface area (TPSA) is 40.5 Å². The fraction of sp³-hybridized carbons (Fsp3) is 0.158. The highest BCUT2D eigenvalue weighted by atomic mass is 16.3. The monoisotopic (exact) mass is 276 g/mol. The normalized spacial score (nSPS) is 20.9. The Bertz CT molecular complexity index is 893. The summed E-state index contributed by atoms with van der Waals surface area (Å²) in [6.07, 6.45) is 1.83. The molecular weight excluding hydrogens is 260 g/mol. The minimum absolute atomic E-state index is 0.830. The highest BCUT2D eigenvalue weighted by Gasteiger charge is 2.24. The van der Waals surface area contributed by atoms with Crippen LogP contribution < -0.4 is 0 Å². The zero-order chi connectivity index (χ0) is 14.6. The van der Waals surface area contributed by atoms with Crippen LogP contribution in [0.25, 0.3) is 27.6 Å². The molecule has 104 valence electrons. The summed E-state index contributed by atoms with van der Waals surface area (Å²) in [6.45, 7) is 2.11. The van der Waals surface area contributed by atoms with Crippen LogP contribution >= 0.6 is 0 Å². The molecule has 0 saturated carbocycles. The van der Waals surface area contributed by atoms with Gasteiger partial charge in [0.1, 0.15) is 12.2 Å². The van der Waals surface area contributed by atoms with E-state index in [9.17, 15) is 10.2 Å². The molecule has 0 bridgehead atoms. The molecule has 0 heterocycles. The van der Waals surface area contributed by atoms with Gasteiger partial charge in [0, 0.05) is 0 Å². The van der Waals surface area contributed by atoms with Gasteiger partial charge >= 0.3 is 0 Å². The highest BCUT2D eigenvalue weighted by molar-refractivity contribution is 6.04. The minimum Gasteiger partial charge on any atom is -0.386 e. The van der Waals surface area contributed by atoms with Crippen LogP contribution in [0.15, 0.2) is 48.5 Å². The molecule has 21 heavy (non-hydrogen) atoms. The molecular formula is C19H16O2. The van der Waals surface area contributed by atoms with Gasteiger partial charge in [-0.1, -0.05) is 48.6 Å². The third-order valence-electron chi connectivity index (χ3n) is 4.48. The third-order valence-corrected chi connectivity index (χ3v) is 4.48. The zero-order valence-electron chi connectivity index (χ0n) is 11.7. The number of rotatable bonds is 0. The maximum absolute atomic E-state index is 10.4. The van der Waals surface area contributed by atoms with Gasteiger partial charge in [-0.15, -0.1) is 0 Å². The third kappa shape index (κ3) is 1.73. The van der Waals surface area contributed by atoms with E-state index in [1.165, 1.54) is 10.9 Å². The summed E-state index contributed by atoms with van der Waals surface area (Å²) < 4.78 is 0. The van der Waals surface area contributed by atoms with Crippen LogP contribution in [0, 0.1) is 6.92 Å². The first-order chi connectivity index (χ1) is 10.2. The Labute approximate surface area is 123 Å². The van der Waals surface area contributed by atoms with Gasteiger partial charge in [0.15, 0.2) is 0 Å². The molecule has 3 aromatic rings. The first kappa shape index (κ1) is 12.6. The largest absolute Gasteiger partial charge is 0.386 e. The van der Waals surface area contributed by atoms with E-state index in [0.717, 1.165) is 27.3 Å². The molecule has 2 nitrogen and oxygen atoms in total. The van der Waals surface area contributed by atoms with E-state index >= 15 is 0 Å². The lowest BCUT2D eigenvalue weighted by Gasteiger charge is -2.24. The Balaban J connectivity index is 2.18. The summed E-state index contributed by atoms with van der Waals surface area (Å²) in [5.74, 6) is 0. The van der Waals surface area contributed by atoms with Crippen LogP contribution in [-0.2, 0) is 0 Å². The van der Waals surface area contributed by atoms with E-state index in [1.807, 2.05) is 24.3 Å². The molecule has 0 unspecified atom stereocenters. The molecule has 1 aliphatic rings. The highest BCUT2D eigenvalue weighted by Crippen LogP contribution is 2.37. The zero-order valence-corrected chi connectivity index (χ0v) is 11.7. The number of aliphatic hydroxyl groups is 2. The number of benzene rings is 3. The maximum atomic E-state index is 10.4. The van der Waals surface area contributed by atoms with Crippen molar-refractivity contribution < 1.29 is 10.2 Å². The van der Waals surface area contributed by atoms with Crippen LogP contribution in [0.3, 0.4) is 0 Å².